The van der Waals surface area contributed by atoms with Crippen molar-refractivity contribution in [2.24, 2.45) is 0 Å². The molecule has 3 rings (SSSR count). The molecule has 0 fully saturated rings. The van der Waals surface area contributed by atoms with Crippen molar-refractivity contribution in [2.45, 2.75) is 6.92 Å². The SMILES string of the molecule is CCOC(=O)Nc1nc(-c2ccccc2)c(NC(=O)c2c(OC)cccc2OC)s1. The summed E-state index contributed by atoms with van der Waals surface area (Å²) in [5.74, 6) is 0.331. The summed E-state index contributed by atoms with van der Waals surface area (Å²) >= 11 is 1.12. The smallest absolute Gasteiger partial charge is 0.413 e. The molecule has 0 aliphatic heterocycles. The zero-order valence-electron chi connectivity index (χ0n) is 16.7. The maximum Gasteiger partial charge on any atom is 0.413 e. The van der Waals surface area contributed by atoms with Gasteiger partial charge in [0.25, 0.3) is 5.91 Å². The number of carbonyl (C=O) groups excluding carboxylic acids is 2. The van der Waals surface area contributed by atoms with Gasteiger partial charge in [-0.1, -0.05) is 47.7 Å². The molecule has 2 amide bonds. The van der Waals surface area contributed by atoms with Crippen molar-refractivity contribution in [3.8, 4) is 22.8 Å². The second kappa shape index (κ2) is 9.75. The molecule has 1 heterocycles. The fraction of sp³-hybridized carbons (Fsp3) is 0.190. The number of nitrogens with one attached hydrogen (secondary N) is 2. The van der Waals surface area contributed by atoms with E-state index in [1.165, 1.54) is 14.2 Å². The van der Waals surface area contributed by atoms with Gasteiger partial charge in [-0.05, 0) is 19.1 Å². The van der Waals surface area contributed by atoms with E-state index >= 15 is 0 Å². The Morgan fingerprint density at radius 1 is 0.967 bits per heavy atom. The van der Waals surface area contributed by atoms with Crippen LogP contribution in [0, 0.1) is 0 Å². The Morgan fingerprint density at radius 3 is 2.23 bits per heavy atom. The summed E-state index contributed by atoms with van der Waals surface area (Å²) in [6.07, 6.45) is -0.616. The second-order valence-corrected chi connectivity index (χ2v) is 6.90. The van der Waals surface area contributed by atoms with Gasteiger partial charge in [0.2, 0.25) is 0 Å². The van der Waals surface area contributed by atoms with Crippen LogP contribution in [0.15, 0.2) is 48.5 Å². The van der Waals surface area contributed by atoms with Gasteiger partial charge in [-0.25, -0.2) is 9.78 Å². The van der Waals surface area contributed by atoms with Crippen molar-refractivity contribution < 1.29 is 23.8 Å². The van der Waals surface area contributed by atoms with Crippen LogP contribution in [0.5, 0.6) is 11.5 Å². The summed E-state index contributed by atoms with van der Waals surface area (Å²) in [5.41, 5.74) is 1.57. The molecular formula is C21H21N3O5S. The molecule has 8 nitrogen and oxygen atoms in total. The van der Waals surface area contributed by atoms with Gasteiger partial charge >= 0.3 is 6.09 Å². The van der Waals surface area contributed by atoms with Gasteiger partial charge in [0.15, 0.2) is 5.13 Å². The van der Waals surface area contributed by atoms with Gasteiger partial charge < -0.3 is 19.5 Å². The quantitative estimate of drug-likeness (QED) is 0.570. The molecule has 0 atom stereocenters. The van der Waals surface area contributed by atoms with Crippen LogP contribution in [0.1, 0.15) is 17.3 Å². The highest BCUT2D eigenvalue weighted by Gasteiger charge is 2.22. The highest BCUT2D eigenvalue weighted by Crippen LogP contribution is 2.37. The summed E-state index contributed by atoms with van der Waals surface area (Å²) in [7, 11) is 2.96. The molecule has 0 saturated heterocycles. The number of benzene rings is 2. The molecule has 3 aromatic rings. The number of rotatable bonds is 7. The molecule has 0 radical (unpaired) electrons. The molecule has 0 saturated carbocycles. The van der Waals surface area contributed by atoms with E-state index < -0.39 is 12.0 Å². The average molecular weight is 427 g/mol. The molecule has 156 valence electrons. The van der Waals surface area contributed by atoms with E-state index in [4.69, 9.17) is 14.2 Å². The standard InChI is InChI=1S/C21H21N3O5S/c1-4-29-21(26)24-20-22-17(13-9-6-5-7-10-13)19(30-20)23-18(25)16-14(27-2)11-8-12-15(16)28-3/h5-12H,4H2,1-3H3,(H,23,25)(H,22,24,26). The van der Waals surface area contributed by atoms with Crippen LogP contribution in [0.2, 0.25) is 0 Å². The molecule has 1 aromatic heterocycles. The third kappa shape index (κ3) is 4.69. The van der Waals surface area contributed by atoms with E-state index in [2.05, 4.69) is 15.6 Å². The summed E-state index contributed by atoms with van der Waals surface area (Å²) in [6, 6.07) is 14.4. The van der Waals surface area contributed by atoms with E-state index in [0.717, 1.165) is 16.9 Å². The summed E-state index contributed by atoms with van der Waals surface area (Å²) in [4.78, 5) is 29.3. The molecule has 0 unspecified atom stereocenters. The number of thiazole rings is 1. The molecule has 2 aromatic carbocycles. The minimum absolute atomic E-state index is 0.236. The fourth-order valence-corrected chi connectivity index (χ4v) is 3.61. The number of nitrogens with zero attached hydrogens (tertiary/aromatic N) is 1. The van der Waals surface area contributed by atoms with E-state index in [1.54, 1.807) is 25.1 Å². The molecule has 0 aliphatic rings. The number of amides is 2. The van der Waals surface area contributed by atoms with Crippen molar-refractivity contribution in [1.82, 2.24) is 4.98 Å². The van der Waals surface area contributed by atoms with Crippen LogP contribution in [0.4, 0.5) is 14.9 Å². The van der Waals surface area contributed by atoms with Crippen LogP contribution in [0.25, 0.3) is 11.3 Å². The molecule has 2 N–H and O–H groups in total. The number of carbonyl (C=O) groups is 2. The van der Waals surface area contributed by atoms with Crippen LogP contribution in [0.3, 0.4) is 0 Å². The highest BCUT2D eigenvalue weighted by molar-refractivity contribution is 7.20. The lowest BCUT2D eigenvalue weighted by atomic mass is 10.1. The lowest BCUT2D eigenvalue weighted by molar-refractivity contribution is 0.102. The van der Waals surface area contributed by atoms with Gasteiger partial charge in [0, 0.05) is 5.56 Å². The minimum atomic E-state index is -0.616. The number of hydrogen-bond donors (Lipinski definition) is 2. The zero-order valence-corrected chi connectivity index (χ0v) is 17.5. The summed E-state index contributed by atoms with van der Waals surface area (Å²) in [6.45, 7) is 1.95. The number of anilines is 2. The number of methoxy groups -OCH3 is 2. The molecule has 0 spiro atoms. The Kier molecular flexibility index (Phi) is 6.87. The number of ether oxygens (including phenoxy) is 3. The van der Waals surface area contributed by atoms with E-state index in [0.29, 0.717) is 27.3 Å². The predicted octanol–water partition coefficient (Wildman–Crippen LogP) is 4.65. The van der Waals surface area contributed by atoms with Gasteiger partial charge in [0.05, 0.1) is 20.8 Å². The first-order valence-corrected chi connectivity index (χ1v) is 9.91. The first-order chi connectivity index (χ1) is 14.6. The van der Waals surface area contributed by atoms with Crippen molar-refractivity contribution in [1.29, 1.82) is 0 Å². The largest absolute Gasteiger partial charge is 0.496 e. The maximum atomic E-state index is 13.1. The lowest BCUT2D eigenvalue weighted by Crippen LogP contribution is -2.14. The Balaban J connectivity index is 1.98. The minimum Gasteiger partial charge on any atom is -0.496 e. The van der Waals surface area contributed by atoms with E-state index in [1.807, 2.05) is 30.3 Å². The van der Waals surface area contributed by atoms with E-state index in [-0.39, 0.29) is 12.2 Å². The molecule has 0 bridgehead atoms. The zero-order chi connectivity index (χ0) is 21.5. The van der Waals surface area contributed by atoms with Crippen molar-refractivity contribution >= 4 is 33.5 Å². The lowest BCUT2D eigenvalue weighted by Gasteiger charge is -2.12. The molecule has 30 heavy (non-hydrogen) atoms. The average Bonchev–Trinajstić information content (AvgIpc) is 3.15. The Hall–Kier alpha value is -3.59. The monoisotopic (exact) mass is 427 g/mol. The number of aromatic nitrogens is 1. The highest BCUT2D eigenvalue weighted by atomic mass is 32.1. The molecular weight excluding hydrogens is 406 g/mol. The van der Waals surface area contributed by atoms with Crippen LogP contribution < -0.4 is 20.1 Å². The van der Waals surface area contributed by atoms with Crippen LogP contribution in [-0.4, -0.2) is 37.8 Å². The summed E-state index contributed by atoms with van der Waals surface area (Å²) < 4.78 is 15.5. The summed E-state index contributed by atoms with van der Waals surface area (Å²) in [5, 5.41) is 6.21. The Morgan fingerprint density at radius 2 is 1.63 bits per heavy atom. The van der Waals surface area contributed by atoms with Crippen molar-refractivity contribution in [3.63, 3.8) is 0 Å². The van der Waals surface area contributed by atoms with Gasteiger partial charge in [-0.3, -0.25) is 10.1 Å². The Bertz CT molecular complexity index is 1010. The third-order valence-corrected chi connectivity index (χ3v) is 4.93. The Labute approximate surface area is 177 Å². The molecule has 0 aliphatic carbocycles. The third-order valence-electron chi connectivity index (χ3n) is 4.04. The van der Waals surface area contributed by atoms with E-state index in [9.17, 15) is 9.59 Å². The maximum absolute atomic E-state index is 13.1. The van der Waals surface area contributed by atoms with Gasteiger partial charge in [-0.2, -0.15) is 0 Å². The first kappa shape index (κ1) is 21.1. The topological polar surface area (TPSA) is 98.8 Å². The van der Waals surface area contributed by atoms with Gasteiger partial charge in [0.1, 0.15) is 27.8 Å². The number of hydrogen-bond acceptors (Lipinski definition) is 7. The normalized spacial score (nSPS) is 10.2. The predicted molar refractivity (Wildman–Crippen MR) is 116 cm³/mol. The van der Waals surface area contributed by atoms with Gasteiger partial charge in [-0.15, -0.1) is 0 Å². The second-order valence-electron chi connectivity index (χ2n) is 5.90. The first-order valence-electron chi connectivity index (χ1n) is 9.09. The van der Waals surface area contributed by atoms with Crippen LogP contribution >= 0.6 is 11.3 Å². The van der Waals surface area contributed by atoms with Crippen LogP contribution in [-0.2, 0) is 4.74 Å². The van der Waals surface area contributed by atoms with Crippen molar-refractivity contribution in [3.05, 3.63) is 54.1 Å². The van der Waals surface area contributed by atoms with Crippen molar-refractivity contribution in [2.75, 3.05) is 31.5 Å². The molecule has 9 heteroatoms. The fourth-order valence-electron chi connectivity index (χ4n) is 2.75.